The molecule has 2 aromatic carbocycles. The average molecular weight is 298 g/mol. The van der Waals surface area contributed by atoms with Crippen LogP contribution in [0.3, 0.4) is 0 Å². The molecule has 0 bridgehead atoms. The van der Waals surface area contributed by atoms with Crippen molar-refractivity contribution in [3.8, 4) is 11.4 Å². The van der Waals surface area contributed by atoms with Gasteiger partial charge in [0.15, 0.2) is 0 Å². The average Bonchev–Trinajstić information content (AvgIpc) is 3.01. The number of phenols is 1. The molecule has 0 spiro atoms. The van der Waals surface area contributed by atoms with E-state index < -0.39 is 11.7 Å². The number of anilines is 1. The molecule has 1 heterocycles. The van der Waals surface area contributed by atoms with Crippen LogP contribution in [0, 0.1) is 5.82 Å². The molecule has 0 saturated carbocycles. The van der Waals surface area contributed by atoms with E-state index in [2.05, 4.69) is 15.4 Å². The lowest BCUT2D eigenvalue weighted by atomic mass is 10.3. The van der Waals surface area contributed by atoms with Crippen LogP contribution in [-0.4, -0.2) is 25.8 Å². The van der Waals surface area contributed by atoms with Gasteiger partial charge in [-0.3, -0.25) is 4.79 Å². The molecule has 3 rings (SSSR count). The number of nitrogens with zero attached hydrogens (tertiary/aromatic N) is 3. The summed E-state index contributed by atoms with van der Waals surface area (Å²) in [6.07, 6.45) is 1.40. The third kappa shape index (κ3) is 2.78. The number of phenolic OH excluding ortho intramolecular Hbond substituents is 1. The van der Waals surface area contributed by atoms with Gasteiger partial charge in [-0.25, -0.2) is 14.1 Å². The number of hydrogen-bond donors (Lipinski definition) is 2. The second-order valence-corrected chi connectivity index (χ2v) is 4.47. The van der Waals surface area contributed by atoms with Gasteiger partial charge in [-0.15, -0.1) is 5.10 Å². The fraction of sp³-hybridized carbons (Fsp3) is 0. The maximum Gasteiger partial charge on any atom is 0.295 e. The van der Waals surface area contributed by atoms with Crippen LogP contribution in [0.15, 0.2) is 54.9 Å². The SMILES string of the molecule is O=C(Nc1ccc(O)cc1F)c1ncn(-c2ccccc2)n1. The van der Waals surface area contributed by atoms with Gasteiger partial charge >= 0.3 is 0 Å². The van der Waals surface area contributed by atoms with Gasteiger partial charge in [-0.2, -0.15) is 0 Å². The standard InChI is InChI=1S/C15H11FN4O2/c16-12-8-11(21)6-7-13(12)18-15(22)14-17-9-20(19-14)10-4-2-1-3-5-10/h1-9,21H,(H,18,22). The topological polar surface area (TPSA) is 80.0 Å². The number of benzene rings is 2. The van der Waals surface area contributed by atoms with Gasteiger partial charge in [-0.1, -0.05) is 18.2 Å². The number of nitrogens with one attached hydrogen (secondary N) is 1. The molecule has 0 aliphatic heterocycles. The number of aromatic nitrogens is 3. The lowest BCUT2D eigenvalue weighted by Crippen LogP contribution is -2.15. The number of hydrogen-bond acceptors (Lipinski definition) is 4. The van der Waals surface area contributed by atoms with E-state index in [0.29, 0.717) is 0 Å². The van der Waals surface area contributed by atoms with E-state index in [-0.39, 0.29) is 17.3 Å². The molecule has 0 saturated heterocycles. The summed E-state index contributed by atoms with van der Waals surface area (Å²) in [5.41, 5.74) is 0.698. The molecular formula is C15H11FN4O2. The molecule has 110 valence electrons. The Hall–Kier alpha value is -3.22. The fourth-order valence-corrected chi connectivity index (χ4v) is 1.86. The van der Waals surface area contributed by atoms with E-state index in [1.54, 1.807) is 0 Å². The van der Waals surface area contributed by atoms with Gasteiger partial charge in [0.25, 0.3) is 5.91 Å². The summed E-state index contributed by atoms with van der Waals surface area (Å²) in [5, 5.41) is 15.5. The van der Waals surface area contributed by atoms with Gasteiger partial charge in [0, 0.05) is 6.07 Å². The Labute approximate surface area is 124 Å². The monoisotopic (exact) mass is 298 g/mol. The molecule has 0 radical (unpaired) electrons. The Kier molecular flexibility index (Phi) is 3.53. The van der Waals surface area contributed by atoms with Crippen LogP contribution in [-0.2, 0) is 0 Å². The first kappa shape index (κ1) is 13.7. The highest BCUT2D eigenvalue weighted by Crippen LogP contribution is 2.19. The molecule has 1 aromatic heterocycles. The van der Waals surface area contributed by atoms with Crippen LogP contribution in [0.2, 0.25) is 0 Å². The summed E-state index contributed by atoms with van der Waals surface area (Å²) in [7, 11) is 0. The number of rotatable bonds is 3. The first-order chi connectivity index (χ1) is 10.6. The molecule has 0 fully saturated rings. The summed E-state index contributed by atoms with van der Waals surface area (Å²) in [6, 6.07) is 12.6. The van der Waals surface area contributed by atoms with Gasteiger partial charge in [-0.05, 0) is 24.3 Å². The van der Waals surface area contributed by atoms with Crippen LogP contribution in [0.4, 0.5) is 10.1 Å². The van der Waals surface area contributed by atoms with Crippen molar-refractivity contribution in [2.24, 2.45) is 0 Å². The number of carbonyl (C=O) groups is 1. The smallest absolute Gasteiger partial charge is 0.295 e. The quantitative estimate of drug-likeness (QED) is 0.727. The molecule has 7 heteroatoms. The highest BCUT2D eigenvalue weighted by molar-refractivity contribution is 6.01. The third-order valence-electron chi connectivity index (χ3n) is 2.92. The maximum absolute atomic E-state index is 13.6. The van der Waals surface area contributed by atoms with E-state index in [1.165, 1.54) is 23.1 Å². The van der Waals surface area contributed by atoms with Crippen molar-refractivity contribution in [3.63, 3.8) is 0 Å². The minimum absolute atomic E-state index is 0.0566. The van der Waals surface area contributed by atoms with E-state index in [4.69, 9.17) is 5.11 Å². The number of para-hydroxylation sites is 1. The Morgan fingerprint density at radius 1 is 1.18 bits per heavy atom. The third-order valence-corrected chi connectivity index (χ3v) is 2.92. The number of aromatic hydroxyl groups is 1. The van der Waals surface area contributed by atoms with Crippen LogP contribution >= 0.6 is 0 Å². The molecule has 1 amide bonds. The van der Waals surface area contributed by atoms with Crippen LogP contribution < -0.4 is 5.32 Å². The predicted molar refractivity (Wildman–Crippen MR) is 77.4 cm³/mol. The molecule has 0 aliphatic carbocycles. The van der Waals surface area contributed by atoms with E-state index in [9.17, 15) is 9.18 Å². The Balaban J connectivity index is 1.80. The molecule has 0 aliphatic rings. The summed E-state index contributed by atoms with van der Waals surface area (Å²) >= 11 is 0. The number of amides is 1. The molecule has 3 aromatic rings. The van der Waals surface area contributed by atoms with Crippen molar-refractivity contribution in [2.45, 2.75) is 0 Å². The van der Waals surface area contributed by atoms with Gasteiger partial charge in [0.05, 0.1) is 11.4 Å². The van der Waals surface area contributed by atoms with Crippen molar-refractivity contribution in [2.75, 3.05) is 5.32 Å². The first-order valence-corrected chi connectivity index (χ1v) is 6.40. The first-order valence-electron chi connectivity index (χ1n) is 6.40. The summed E-state index contributed by atoms with van der Waals surface area (Å²) in [6.45, 7) is 0. The second kappa shape index (κ2) is 5.65. The molecule has 2 N–H and O–H groups in total. The minimum Gasteiger partial charge on any atom is -0.508 e. The van der Waals surface area contributed by atoms with Crippen LogP contribution in [0.1, 0.15) is 10.6 Å². The summed E-state index contributed by atoms with van der Waals surface area (Å²) in [4.78, 5) is 15.9. The van der Waals surface area contributed by atoms with Gasteiger partial charge in [0.2, 0.25) is 5.82 Å². The van der Waals surface area contributed by atoms with E-state index in [0.717, 1.165) is 11.8 Å². The molecular weight excluding hydrogens is 287 g/mol. The predicted octanol–water partition coefficient (Wildman–Crippen LogP) is 2.36. The zero-order chi connectivity index (χ0) is 15.5. The number of halogens is 1. The van der Waals surface area contributed by atoms with Crippen molar-refractivity contribution >= 4 is 11.6 Å². The molecule has 6 nitrogen and oxygen atoms in total. The fourth-order valence-electron chi connectivity index (χ4n) is 1.86. The summed E-state index contributed by atoms with van der Waals surface area (Å²) < 4.78 is 15.0. The Bertz CT molecular complexity index is 817. The largest absolute Gasteiger partial charge is 0.508 e. The lowest BCUT2D eigenvalue weighted by molar-refractivity contribution is 0.101. The zero-order valence-electron chi connectivity index (χ0n) is 11.3. The highest BCUT2D eigenvalue weighted by atomic mass is 19.1. The van der Waals surface area contributed by atoms with E-state index in [1.807, 2.05) is 30.3 Å². The lowest BCUT2D eigenvalue weighted by Gasteiger charge is -2.04. The summed E-state index contributed by atoms with van der Waals surface area (Å²) in [5.74, 6) is -1.69. The van der Waals surface area contributed by atoms with Gasteiger partial charge in [0.1, 0.15) is 17.9 Å². The van der Waals surface area contributed by atoms with Crippen LogP contribution in [0.25, 0.3) is 5.69 Å². The van der Waals surface area contributed by atoms with Crippen molar-refractivity contribution in [1.82, 2.24) is 14.8 Å². The molecule has 0 atom stereocenters. The maximum atomic E-state index is 13.6. The van der Waals surface area contributed by atoms with Crippen molar-refractivity contribution < 1.29 is 14.3 Å². The van der Waals surface area contributed by atoms with Crippen molar-refractivity contribution in [3.05, 3.63) is 66.5 Å². The zero-order valence-corrected chi connectivity index (χ0v) is 11.3. The Morgan fingerprint density at radius 3 is 2.68 bits per heavy atom. The second-order valence-electron chi connectivity index (χ2n) is 4.47. The molecule has 0 unspecified atom stereocenters. The highest BCUT2D eigenvalue weighted by Gasteiger charge is 2.14. The molecule has 22 heavy (non-hydrogen) atoms. The normalized spacial score (nSPS) is 10.4. The van der Waals surface area contributed by atoms with E-state index >= 15 is 0 Å². The number of carbonyl (C=O) groups excluding carboxylic acids is 1. The van der Waals surface area contributed by atoms with Gasteiger partial charge < -0.3 is 10.4 Å². The minimum atomic E-state index is -0.740. The van der Waals surface area contributed by atoms with Crippen molar-refractivity contribution in [1.29, 1.82) is 0 Å². The Morgan fingerprint density at radius 2 is 1.95 bits per heavy atom. The van der Waals surface area contributed by atoms with Crippen LogP contribution in [0.5, 0.6) is 5.75 Å².